The molecule has 2 aliphatic rings. The Bertz CT molecular complexity index is 433. The zero-order valence-corrected chi connectivity index (χ0v) is 12.8. The van der Waals surface area contributed by atoms with Crippen LogP contribution in [-0.2, 0) is 19.2 Å². The van der Waals surface area contributed by atoms with E-state index in [2.05, 4.69) is 0 Å². The number of carbonyl (C=O) groups excluding carboxylic acids is 4. The lowest BCUT2D eigenvalue weighted by Gasteiger charge is -2.36. The third kappa shape index (κ3) is 3.55. The van der Waals surface area contributed by atoms with E-state index in [1.165, 1.54) is 16.7 Å². The Morgan fingerprint density at radius 1 is 0.773 bits per heavy atom. The quantitative estimate of drug-likeness (QED) is 0.589. The van der Waals surface area contributed by atoms with Crippen molar-refractivity contribution in [3.8, 4) is 0 Å². The zero-order valence-electron chi connectivity index (χ0n) is 12.8. The summed E-state index contributed by atoms with van der Waals surface area (Å²) in [5.74, 6) is -1.64. The van der Waals surface area contributed by atoms with Crippen LogP contribution in [-0.4, -0.2) is 77.6 Å². The minimum absolute atomic E-state index is 0.0213. The number of rotatable bonds is 1. The fraction of sp³-hybridized carbons (Fsp3) is 0.714. The molecule has 2 saturated heterocycles. The molecule has 0 saturated carbocycles. The Morgan fingerprint density at radius 2 is 1.18 bits per heavy atom. The molecule has 8 heteroatoms. The van der Waals surface area contributed by atoms with Crippen molar-refractivity contribution < 1.29 is 19.2 Å². The molecule has 8 nitrogen and oxygen atoms in total. The summed E-state index contributed by atoms with van der Waals surface area (Å²) >= 11 is 0. The molecule has 4 amide bonds. The molecule has 2 aliphatic heterocycles. The number of hydrogen-bond donors (Lipinski definition) is 1. The predicted molar refractivity (Wildman–Crippen MR) is 77.3 cm³/mol. The fourth-order valence-corrected chi connectivity index (χ4v) is 2.86. The Kier molecular flexibility index (Phi) is 4.99. The highest BCUT2D eigenvalue weighted by Gasteiger charge is 2.33. The molecule has 2 fully saturated rings. The summed E-state index contributed by atoms with van der Waals surface area (Å²) in [7, 11) is 0. The van der Waals surface area contributed by atoms with Gasteiger partial charge in [-0.3, -0.25) is 19.2 Å². The highest BCUT2D eigenvalue weighted by atomic mass is 16.2. The average Bonchev–Trinajstić information content (AvgIpc) is 2.53. The summed E-state index contributed by atoms with van der Waals surface area (Å²) in [5, 5.41) is 0. The van der Waals surface area contributed by atoms with Crippen LogP contribution in [0.3, 0.4) is 0 Å². The maximum Gasteiger partial charge on any atom is 0.312 e. The number of carbonyl (C=O) groups is 4. The van der Waals surface area contributed by atoms with Crippen LogP contribution >= 0.6 is 0 Å². The molecule has 22 heavy (non-hydrogen) atoms. The largest absolute Gasteiger partial charge is 0.369 e. The van der Waals surface area contributed by atoms with Crippen LogP contribution < -0.4 is 5.73 Å². The molecule has 0 spiro atoms. The zero-order chi connectivity index (χ0) is 16.3. The van der Waals surface area contributed by atoms with E-state index >= 15 is 0 Å². The maximum atomic E-state index is 12.2. The Hall–Kier alpha value is -2.12. The Labute approximate surface area is 129 Å². The second-order valence-corrected chi connectivity index (χ2v) is 5.77. The van der Waals surface area contributed by atoms with Crippen LogP contribution in [0, 0.1) is 5.92 Å². The first-order chi connectivity index (χ1) is 10.4. The van der Waals surface area contributed by atoms with Gasteiger partial charge in [0.15, 0.2) is 0 Å². The fourth-order valence-electron chi connectivity index (χ4n) is 2.86. The average molecular weight is 310 g/mol. The number of piperazine rings is 1. The van der Waals surface area contributed by atoms with Gasteiger partial charge in [0.1, 0.15) is 0 Å². The highest BCUT2D eigenvalue weighted by Crippen LogP contribution is 2.17. The van der Waals surface area contributed by atoms with Crippen LogP contribution in [0.15, 0.2) is 0 Å². The van der Waals surface area contributed by atoms with Crippen molar-refractivity contribution in [2.24, 2.45) is 11.7 Å². The third-order valence-electron chi connectivity index (χ3n) is 4.38. The van der Waals surface area contributed by atoms with Crippen molar-refractivity contribution >= 4 is 23.6 Å². The molecular weight excluding hydrogens is 288 g/mol. The molecule has 0 atom stereocenters. The number of nitrogens with zero attached hydrogens (tertiary/aromatic N) is 3. The first-order valence-electron chi connectivity index (χ1n) is 7.53. The number of amides is 4. The lowest BCUT2D eigenvalue weighted by Crippen LogP contribution is -2.55. The van der Waals surface area contributed by atoms with Gasteiger partial charge in [0, 0.05) is 52.1 Å². The van der Waals surface area contributed by atoms with Gasteiger partial charge in [-0.1, -0.05) is 0 Å². The van der Waals surface area contributed by atoms with E-state index in [0.717, 1.165) is 0 Å². The second-order valence-electron chi connectivity index (χ2n) is 5.77. The SMILES string of the molecule is CC(=O)N1CCN(C(=O)C(=O)N2CCC(C(N)=O)CC2)CC1. The highest BCUT2D eigenvalue weighted by molar-refractivity contribution is 6.34. The van der Waals surface area contributed by atoms with Crippen molar-refractivity contribution in [3.63, 3.8) is 0 Å². The van der Waals surface area contributed by atoms with Crippen molar-refractivity contribution in [1.82, 2.24) is 14.7 Å². The van der Waals surface area contributed by atoms with E-state index in [9.17, 15) is 19.2 Å². The van der Waals surface area contributed by atoms with Gasteiger partial charge in [-0.15, -0.1) is 0 Å². The van der Waals surface area contributed by atoms with E-state index in [0.29, 0.717) is 52.1 Å². The van der Waals surface area contributed by atoms with Gasteiger partial charge in [0.25, 0.3) is 0 Å². The van der Waals surface area contributed by atoms with Crippen LogP contribution in [0.5, 0.6) is 0 Å². The number of likely N-dealkylation sites (tertiary alicyclic amines) is 1. The first kappa shape index (κ1) is 16.3. The van der Waals surface area contributed by atoms with Gasteiger partial charge in [0.05, 0.1) is 0 Å². The number of nitrogens with two attached hydrogens (primary N) is 1. The van der Waals surface area contributed by atoms with Crippen molar-refractivity contribution in [2.45, 2.75) is 19.8 Å². The van der Waals surface area contributed by atoms with Gasteiger partial charge in [-0.05, 0) is 12.8 Å². The van der Waals surface area contributed by atoms with Gasteiger partial charge < -0.3 is 20.4 Å². The summed E-state index contributed by atoms with van der Waals surface area (Å²) in [4.78, 5) is 51.4. The third-order valence-corrected chi connectivity index (χ3v) is 4.38. The van der Waals surface area contributed by atoms with Gasteiger partial charge in [0.2, 0.25) is 11.8 Å². The first-order valence-corrected chi connectivity index (χ1v) is 7.53. The van der Waals surface area contributed by atoms with Gasteiger partial charge in [-0.25, -0.2) is 0 Å². The Balaban J connectivity index is 1.84. The van der Waals surface area contributed by atoms with E-state index < -0.39 is 11.8 Å². The van der Waals surface area contributed by atoms with Gasteiger partial charge >= 0.3 is 11.8 Å². The molecule has 122 valence electrons. The van der Waals surface area contributed by atoms with Crippen LogP contribution in [0.1, 0.15) is 19.8 Å². The van der Waals surface area contributed by atoms with E-state index in [1.807, 2.05) is 0 Å². The smallest absolute Gasteiger partial charge is 0.312 e. The minimum atomic E-state index is -0.529. The normalized spacial score (nSPS) is 20.0. The Morgan fingerprint density at radius 3 is 1.59 bits per heavy atom. The standard InChI is InChI=1S/C14H22N4O4/c1-10(19)16-6-8-18(9-7-16)14(22)13(21)17-4-2-11(3-5-17)12(15)20/h11H,2-9H2,1H3,(H2,15,20). The molecular formula is C14H22N4O4. The summed E-state index contributed by atoms with van der Waals surface area (Å²) < 4.78 is 0. The van der Waals surface area contributed by atoms with Gasteiger partial charge in [-0.2, -0.15) is 0 Å². The predicted octanol–water partition coefficient (Wildman–Crippen LogP) is -1.60. The van der Waals surface area contributed by atoms with Crippen molar-refractivity contribution in [2.75, 3.05) is 39.3 Å². The number of piperidine rings is 1. The molecule has 0 aromatic rings. The number of primary amides is 1. The van der Waals surface area contributed by atoms with Crippen LogP contribution in [0.25, 0.3) is 0 Å². The summed E-state index contributed by atoms with van der Waals surface area (Å²) in [6.07, 6.45) is 1.01. The summed E-state index contributed by atoms with van der Waals surface area (Å²) in [6.45, 7) is 3.92. The molecule has 2 rings (SSSR count). The van der Waals surface area contributed by atoms with Crippen molar-refractivity contribution in [3.05, 3.63) is 0 Å². The minimum Gasteiger partial charge on any atom is -0.369 e. The molecule has 2 heterocycles. The van der Waals surface area contributed by atoms with E-state index in [1.54, 1.807) is 4.90 Å². The molecule has 0 aliphatic carbocycles. The lowest BCUT2D eigenvalue weighted by molar-refractivity contribution is -0.154. The summed E-state index contributed by atoms with van der Waals surface area (Å²) in [6, 6.07) is 0. The molecule has 2 N–H and O–H groups in total. The second kappa shape index (κ2) is 6.76. The molecule has 0 unspecified atom stereocenters. The van der Waals surface area contributed by atoms with Crippen LogP contribution in [0.2, 0.25) is 0 Å². The van der Waals surface area contributed by atoms with E-state index in [4.69, 9.17) is 5.73 Å². The molecule has 0 aromatic heterocycles. The van der Waals surface area contributed by atoms with Crippen molar-refractivity contribution in [1.29, 1.82) is 0 Å². The summed E-state index contributed by atoms with van der Waals surface area (Å²) in [5.41, 5.74) is 5.25. The van der Waals surface area contributed by atoms with E-state index in [-0.39, 0.29) is 17.7 Å². The maximum absolute atomic E-state index is 12.2. The topological polar surface area (TPSA) is 104 Å². The lowest BCUT2D eigenvalue weighted by atomic mass is 9.96. The monoisotopic (exact) mass is 310 g/mol. The van der Waals surface area contributed by atoms with Crippen LogP contribution in [0.4, 0.5) is 0 Å². The number of hydrogen-bond acceptors (Lipinski definition) is 4. The molecule has 0 bridgehead atoms. The molecule has 0 radical (unpaired) electrons. The molecule has 0 aromatic carbocycles.